The van der Waals surface area contributed by atoms with Gasteiger partial charge >= 0.3 is 0 Å². The molecule has 0 radical (unpaired) electrons. The van der Waals surface area contributed by atoms with Gasteiger partial charge in [0.2, 0.25) is 5.91 Å². The van der Waals surface area contributed by atoms with Crippen molar-refractivity contribution in [2.45, 2.75) is 40.2 Å². The molecule has 2 amide bonds. The van der Waals surface area contributed by atoms with E-state index < -0.39 is 6.04 Å². The van der Waals surface area contributed by atoms with Gasteiger partial charge in [-0.15, -0.1) is 12.4 Å². The van der Waals surface area contributed by atoms with Gasteiger partial charge in [0.25, 0.3) is 5.91 Å². The van der Waals surface area contributed by atoms with Crippen LogP contribution in [0, 0.1) is 12.8 Å². The van der Waals surface area contributed by atoms with Gasteiger partial charge in [-0.05, 0) is 37.4 Å². The molecule has 0 heterocycles. The number of aryl methyl sites for hydroxylation is 1. The number of hydrogen-bond acceptors (Lipinski definition) is 3. The van der Waals surface area contributed by atoms with E-state index in [2.05, 4.69) is 22.9 Å². The van der Waals surface area contributed by atoms with Gasteiger partial charge < -0.3 is 16.0 Å². The highest BCUT2D eigenvalue weighted by Gasteiger charge is 2.24. The summed E-state index contributed by atoms with van der Waals surface area (Å²) < 4.78 is 0. The average molecular weight is 356 g/mol. The van der Waals surface area contributed by atoms with Crippen LogP contribution in [0.2, 0.25) is 0 Å². The number of amides is 2. The molecule has 0 aliphatic rings. The standard InChI is InChI=1S/C18H29N3O2.ClH/c1-5-10-19-11-12-20-18(23)16(13(2)3)21-17(22)15-9-7-6-8-14(15)4;/h6-9,13,16,19H,5,10-12H2,1-4H3,(H,20,23)(H,21,22);1H. The van der Waals surface area contributed by atoms with E-state index >= 15 is 0 Å². The summed E-state index contributed by atoms with van der Waals surface area (Å²) in [5.74, 6) is -0.326. The van der Waals surface area contributed by atoms with Crippen LogP contribution in [-0.2, 0) is 4.79 Å². The highest BCUT2D eigenvalue weighted by molar-refractivity contribution is 5.98. The summed E-state index contributed by atoms with van der Waals surface area (Å²) in [5, 5.41) is 8.96. The fourth-order valence-electron chi connectivity index (χ4n) is 2.27. The van der Waals surface area contributed by atoms with Crippen LogP contribution in [0.4, 0.5) is 0 Å². The number of nitrogens with one attached hydrogen (secondary N) is 3. The van der Waals surface area contributed by atoms with E-state index in [-0.39, 0.29) is 30.1 Å². The number of hydrogen-bond donors (Lipinski definition) is 3. The maximum absolute atomic E-state index is 12.4. The van der Waals surface area contributed by atoms with Crippen LogP contribution in [0.25, 0.3) is 0 Å². The van der Waals surface area contributed by atoms with Gasteiger partial charge in [-0.25, -0.2) is 0 Å². The molecule has 24 heavy (non-hydrogen) atoms. The Kier molecular flexibility index (Phi) is 11.1. The number of benzene rings is 1. The van der Waals surface area contributed by atoms with Crippen molar-refractivity contribution in [2.75, 3.05) is 19.6 Å². The summed E-state index contributed by atoms with van der Waals surface area (Å²) in [6.45, 7) is 10.1. The lowest BCUT2D eigenvalue weighted by Crippen LogP contribution is -2.50. The summed E-state index contributed by atoms with van der Waals surface area (Å²) in [6, 6.07) is 6.84. The van der Waals surface area contributed by atoms with Crippen LogP contribution in [0.3, 0.4) is 0 Å². The van der Waals surface area contributed by atoms with Crippen molar-refractivity contribution in [1.82, 2.24) is 16.0 Å². The Morgan fingerprint density at radius 2 is 1.75 bits per heavy atom. The average Bonchev–Trinajstić information content (AvgIpc) is 2.52. The molecule has 1 unspecified atom stereocenters. The zero-order valence-corrected chi connectivity index (χ0v) is 15.8. The molecule has 0 bridgehead atoms. The van der Waals surface area contributed by atoms with Gasteiger partial charge in [0.15, 0.2) is 0 Å². The Morgan fingerprint density at radius 3 is 2.33 bits per heavy atom. The van der Waals surface area contributed by atoms with E-state index in [0.29, 0.717) is 12.1 Å². The Balaban J connectivity index is 0.00000529. The van der Waals surface area contributed by atoms with Crippen LogP contribution in [-0.4, -0.2) is 37.5 Å². The fourth-order valence-corrected chi connectivity index (χ4v) is 2.27. The third kappa shape index (κ3) is 7.32. The van der Waals surface area contributed by atoms with E-state index in [4.69, 9.17) is 0 Å². The molecule has 0 aliphatic heterocycles. The molecule has 136 valence electrons. The fraction of sp³-hybridized carbons (Fsp3) is 0.556. The van der Waals surface area contributed by atoms with Crippen molar-refractivity contribution in [3.8, 4) is 0 Å². The van der Waals surface area contributed by atoms with E-state index in [1.54, 1.807) is 6.07 Å². The van der Waals surface area contributed by atoms with Crippen LogP contribution in [0.5, 0.6) is 0 Å². The molecule has 0 fully saturated rings. The largest absolute Gasteiger partial charge is 0.353 e. The molecule has 1 rings (SSSR count). The van der Waals surface area contributed by atoms with Crippen molar-refractivity contribution in [3.63, 3.8) is 0 Å². The molecular formula is C18H30ClN3O2. The van der Waals surface area contributed by atoms with Gasteiger partial charge in [0.05, 0.1) is 0 Å². The van der Waals surface area contributed by atoms with Crippen LogP contribution < -0.4 is 16.0 Å². The molecule has 0 aliphatic carbocycles. The predicted octanol–water partition coefficient (Wildman–Crippen LogP) is 2.29. The molecule has 5 nitrogen and oxygen atoms in total. The van der Waals surface area contributed by atoms with Crippen molar-refractivity contribution in [1.29, 1.82) is 0 Å². The van der Waals surface area contributed by atoms with Crippen LogP contribution in [0.15, 0.2) is 24.3 Å². The van der Waals surface area contributed by atoms with Gasteiger partial charge in [0.1, 0.15) is 6.04 Å². The van der Waals surface area contributed by atoms with Crippen molar-refractivity contribution < 1.29 is 9.59 Å². The van der Waals surface area contributed by atoms with Gasteiger partial charge in [-0.1, -0.05) is 39.0 Å². The van der Waals surface area contributed by atoms with Crippen LogP contribution in [0.1, 0.15) is 43.1 Å². The quantitative estimate of drug-likeness (QED) is 0.595. The zero-order valence-electron chi connectivity index (χ0n) is 15.0. The summed E-state index contributed by atoms with van der Waals surface area (Å²) in [4.78, 5) is 24.7. The maximum Gasteiger partial charge on any atom is 0.252 e. The first-order valence-electron chi connectivity index (χ1n) is 8.32. The van der Waals surface area contributed by atoms with Gasteiger partial charge in [-0.3, -0.25) is 9.59 Å². The highest BCUT2D eigenvalue weighted by atomic mass is 35.5. The second-order valence-corrected chi connectivity index (χ2v) is 6.05. The second kappa shape index (κ2) is 11.9. The highest BCUT2D eigenvalue weighted by Crippen LogP contribution is 2.09. The van der Waals surface area contributed by atoms with Crippen molar-refractivity contribution in [3.05, 3.63) is 35.4 Å². The minimum absolute atomic E-state index is 0. The molecule has 1 atom stereocenters. The van der Waals surface area contributed by atoms with Crippen molar-refractivity contribution in [2.24, 2.45) is 5.92 Å². The lowest BCUT2D eigenvalue weighted by atomic mass is 10.0. The molecule has 0 aromatic heterocycles. The molecule has 3 N–H and O–H groups in total. The first-order valence-corrected chi connectivity index (χ1v) is 8.32. The number of carbonyl (C=O) groups is 2. The molecule has 0 saturated carbocycles. The first kappa shape index (κ1) is 22.4. The Morgan fingerprint density at radius 1 is 1.08 bits per heavy atom. The molecule has 0 spiro atoms. The normalized spacial score (nSPS) is 11.5. The third-order valence-corrected chi connectivity index (χ3v) is 3.65. The summed E-state index contributed by atoms with van der Waals surface area (Å²) in [5.41, 5.74) is 1.51. The summed E-state index contributed by atoms with van der Waals surface area (Å²) in [7, 11) is 0. The van der Waals surface area contributed by atoms with E-state index in [9.17, 15) is 9.59 Å². The van der Waals surface area contributed by atoms with E-state index in [1.165, 1.54) is 0 Å². The molecule has 1 aromatic rings. The molecule has 1 aromatic carbocycles. The van der Waals surface area contributed by atoms with Gasteiger partial charge in [0, 0.05) is 18.7 Å². The molecule has 0 saturated heterocycles. The number of carbonyl (C=O) groups excluding carboxylic acids is 2. The minimum Gasteiger partial charge on any atom is -0.353 e. The number of halogens is 1. The SMILES string of the molecule is CCCNCCNC(=O)C(NC(=O)c1ccccc1C)C(C)C.Cl. The minimum atomic E-state index is -0.534. The lowest BCUT2D eigenvalue weighted by molar-refractivity contribution is -0.123. The summed E-state index contributed by atoms with van der Waals surface area (Å²) in [6.07, 6.45) is 1.06. The monoisotopic (exact) mass is 355 g/mol. The third-order valence-electron chi connectivity index (χ3n) is 3.65. The summed E-state index contributed by atoms with van der Waals surface area (Å²) >= 11 is 0. The zero-order chi connectivity index (χ0) is 17.2. The van der Waals surface area contributed by atoms with E-state index in [1.807, 2.05) is 39.0 Å². The van der Waals surface area contributed by atoms with E-state index in [0.717, 1.165) is 25.1 Å². The van der Waals surface area contributed by atoms with Crippen molar-refractivity contribution >= 4 is 24.2 Å². The predicted molar refractivity (Wildman–Crippen MR) is 101 cm³/mol. The lowest BCUT2D eigenvalue weighted by Gasteiger charge is -2.22. The topological polar surface area (TPSA) is 70.2 Å². The Hall–Kier alpha value is -1.59. The molecular weight excluding hydrogens is 326 g/mol. The smallest absolute Gasteiger partial charge is 0.252 e. The first-order chi connectivity index (χ1) is 11.0. The number of rotatable bonds is 9. The maximum atomic E-state index is 12.4. The Bertz CT molecular complexity index is 521. The Labute approximate surface area is 151 Å². The van der Waals surface area contributed by atoms with Crippen LogP contribution >= 0.6 is 12.4 Å². The molecule has 6 heteroatoms. The second-order valence-electron chi connectivity index (χ2n) is 6.05. The van der Waals surface area contributed by atoms with Gasteiger partial charge in [-0.2, -0.15) is 0 Å².